The van der Waals surface area contributed by atoms with Crippen LogP contribution in [0.15, 0.2) is 35.0 Å². The van der Waals surface area contributed by atoms with E-state index in [0.29, 0.717) is 6.61 Å². The predicted octanol–water partition coefficient (Wildman–Crippen LogP) is 3.49. The van der Waals surface area contributed by atoms with Gasteiger partial charge < -0.3 is 14.8 Å². The van der Waals surface area contributed by atoms with Crippen LogP contribution in [0.1, 0.15) is 18.1 Å². The van der Waals surface area contributed by atoms with Crippen LogP contribution in [0.25, 0.3) is 0 Å². The lowest BCUT2D eigenvalue weighted by molar-refractivity contribution is 0.317. The van der Waals surface area contributed by atoms with E-state index in [1.165, 1.54) is 5.56 Å². The van der Waals surface area contributed by atoms with Gasteiger partial charge in [-0.25, -0.2) is 0 Å². The van der Waals surface area contributed by atoms with E-state index in [0.717, 1.165) is 36.6 Å². The summed E-state index contributed by atoms with van der Waals surface area (Å²) < 4.78 is 11.2. The Morgan fingerprint density at radius 1 is 1.25 bits per heavy atom. The van der Waals surface area contributed by atoms with Crippen LogP contribution in [-0.4, -0.2) is 20.3 Å². The lowest BCUT2D eigenvalue weighted by Gasteiger charge is -2.13. The molecule has 0 atom stereocenters. The average Bonchev–Trinajstić information content (AvgIpc) is 2.99. The van der Waals surface area contributed by atoms with Gasteiger partial charge in [0.2, 0.25) is 0 Å². The Balaban J connectivity index is 1.97. The fourth-order valence-electron chi connectivity index (χ4n) is 1.94. The maximum atomic E-state index is 5.92. The summed E-state index contributed by atoms with van der Waals surface area (Å²) in [5.74, 6) is 1.80. The third kappa shape index (κ3) is 4.25. The normalized spacial score (nSPS) is 10.5. The van der Waals surface area contributed by atoms with Gasteiger partial charge in [-0.1, -0.05) is 6.92 Å². The predicted molar refractivity (Wildman–Crippen MR) is 83.9 cm³/mol. The summed E-state index contributed by atoms with van der Waals surface area (Å²) in [6.07, 6.45) is 0.941. The van der Waals surface area contributed by atoms with Gasteiger partial charge in [0.25, 0.3) is 0 Å². The lowest BCUT2D eigenvalue weighted by Crippen LogP contribution is -2.13. The molecule has 2 rings (SSSR count). The number of methoxy groups -OCH3 is 1. The molecule has 0 amide bonds. The van der Waals surface area contributed by atoms with E-state index in [-0.39, 0.29) is 0 Å². The van der Waals surface area contributed by atoms with E-state index in [2.05, 4.69) is 29.1 Å². The van der Waals surface area contributed by atoms with E-state index < -0.39 is 0 Å². The van der Waals surface area contributed by atoms with Crippen molar-refractivity contribution in [3.63, 3.8) is 0 Å². The summed E-state index contributed by atoms with van der Waals surface area (Å²) in [4.78, 5) is 0. The van der Waals surface area contributed by atoms with Gasteiger partial charge in [0, 0.05) is 18.5 Å². The van der Waals surface area contributed by atoms with Crippen LogP contribution in [0, 0.1) is 0 Å². The number of nitrogens with one attached hydrogen (secondary N) is 1. The molecule has 0 unspecified atom stereocenters. The van der Waals surface area contributed by atoms with Crippen LogP contribution in [-0.2, 0) is 13.0 Å². The van der Waals surface area contributed by atoms with Crippen molar-refractivity contribution in [2.24, 2.45) is 0 Å². The molecule has 1 aromatic heterocycles. The van der Waals surface area contributed by atoms with Gasteiger partial charge in [-0.2, -0.15) is 11.3 Å². The number of hydrogen-bond donors (Lipinski definition) is 1. The second-order valence-electron chi connectivity index (χ2n) is 4.48. The Labute approximate surface area is 124 Å². The van der Waals surface area contributed by atoms with E-state index in [4.69, 9.17) is 9.47 Å². The average molecular weight is 291 g/mol. The standard InChI is InChI=1S/C16H21NO2S/c1-3-17-11-14-10-15(18-2)4-5-16(14)19-8-6-13-7-9-20-12-13/h4-5,7,9-10,12,17H,3,6,8,11H2,1-2H3. The molecular formula is C16H21NO2S. The zero-order valence-corrected chi connectivity index (χ0v) is 12.8. The van der Waals surface area contributed by atoms with Crippen LogP contribution in [0.2, 0.25) is 0 Å². The highest BCUT2D eigenvalue weighted by Crippen LogP contribution is 2.24. The highest BCUT2D eigenvalue weighted by Gasteiger charge is 2.06. The molecule has 2 aromatic rings. The van der Waals surface area contributed by atoms with E-state index in [9.17, 15) is 0 Å². The summed E-state index contributed by atoms with van der Waals surface area (Å²) in [7, 11) is 1.68. The maximum Gasteiger partial charge on any atom is 0.124 e. The highest BCUT2D eigenvalue weighted by molar-refractivity contribution is 7.07. The molecule has 1 aromatic carbocycles. The molecule has 108 valence electrons. The molecule has 4 heteroatoms. The molecule has 0 aliphatic carbocycles. The fraction of sp³-hybridized carbons (Fsp3) is 0.375. The zero-order valence-electron chi connectivity index (χ0n) is 12.0. The third-order valence-electron chi connectivity index (χ3n) is 3.06. The number of hydrogen-bond acceptors (Lipinski definition) is 4. The molecule has 0 saturated carbocycles. The van der Waals surface area contributed by atoms with Crippen LogP contribution in [0.3, 0.4) is 0 Å². The van der Waals surface area contributed by atoms with Crippen molar-refractivity contribution in [3.05, 3.63) is 46.2 Å². The summed E-state index contributed by atoms with van der Waals surface area (Å²) >= 11 is 1.72. The summed E-state index contributed by atoms with van der Waals surface area (Å²) in [5.41, 5.74) is 2.47. The molecule has 3 nitrogen and oxygen atoms in total. The van der Waals surface area contributed by atoms with Gasteiger partial charge in [0.15, 0.2) is 0 Å². The van der Waals surface area contributed by atoms with Gasteiger partial charge in [0.1, 0.15) is 11.5 Å². The van der Waals surface area contributed by atoms with Crippen molar-refractivity contribution in [2.75, 3.05) is 20.3 Å². The van der Waals surface area contributed by atoms with Crippen LogP contribution in [0.5, 0.6) is 11.5 Å². The molecule has 20 heavy (non-hydrogen) atoms. The summed E-state index contributed by atoms with van der Waals surface area (Å²) in [6, 6.07) is 8.10. The largest absolute Gasteiger partial charge is 0.497 e. The second-order valence-corrected chi connectivity index (χ2v) is 5.26. The molecule has 1 N–H and O–H groups in total. The first kappa shape index (κ1) is 14.9. The Morgan fingerprint density at radius 3 is 2.85 bits per heavy atom. The maximum absolute atomic E-state index is 5.92. The van der Waals surface area contributed by atoms with Gasteiger partial charge >= 0.3 is 0 Å². The zero-order chi connectivity index (χ0) is 14.2. The van der Waals surface area contributed by atoms with Crippen molar-refractivity contribution in [1.29, 1.82) is 0 Å². The third-order valence-corrected chi connectivity index (χ3v) is 3.79. The molecule has 1 heterocycles. The highest BCUT2D eigenvalue weighted by atomic mass is 32.1. The van der Waals surface area contributed by atoms with Crippen molar-refractivity contribution in [3.8, 4) is 11.5 Å². The smallest absolute Gasteiger partial charge is 0.124 e. The second kappa shape index (κ2) is 7.92. The van der Waals surface area contributed by atoms with Crippen molar-refractivity contribution >= 4 is 11.3 Å². The van der Waals surface area contributed by atoms with Crippen molar-refractivity contribution in [1.82, 2.24) is 5.32 Å². The SMILES string of the molecule is CCNCc1cc(OC)ccc1OCCc1ccsc1. The summed E-state index contributed by atoms with van der Waals surface area (Å²) in [5, 5.41) is 7.59. The van der Waals surface area contributed by atoms with E-state index in [1.54, 1.807) is 18.4 Å². The molecule has 0 saturated heterocycles. The molecule has 0 aliphatic heterocycles. The van der Waals surface area contributed by atoms with Gasteiger partial charge in [0.05, 0.1) is 13.7 Å². The topological polar surface area (TPSA) is 30.5 Å². The van der Waals surface area contributed by atoms with Crippen LogP contribution < -0.4 is 14.8 Å². The number of rotatable bonds is 8. The van der Waals surface area contributed by atoms with Crippen molar-refractivity contribution < 1.29 is 9.47 Å². The fourth-order valence-corrected chi connectivity index (χ4v) is 2.64. The summed E-state index contributed by atoms with van der Waals surface area (Å²) in [6.45, 7) is 4.52. The van der Waals surface area contributed by atoms with Crippen LogP contribution in [0.4, 0.5) is 0 Å². The quantitative estimate of drug-likeness (QED) is 0.807. The first-order valence-electron chi connectivity index (χ1n) is 6.85. The van der Waals surface area contributed by atoms with Crippen molar-refractivity contribution in [2.45, 2.75) is 19.9 Å². The monoisotopic (exact) mass is 291 g/mol. The Morgan fingerprint density at radius 2 is 2.15 bits per heavy atom. The first-order valence-corrected chi connectivity index (χ1v) is 7.79. The van der Waals surface area contributed by atoms with Gasteiger partial charge in [-0.05, 0) is 47.1 Å². The molecular weight excluding hydrogens is 270 g/mol. The molecule has 0 fully saturated rings. The first-order chi connectivity index (χ1) is 9.83. The number of benzene rings is 1. The number of ether oxygens (including phenoxy) is 2. The molecule has 0 spiro atoms. The minimum atomic E-state index is 0.697. The van der Waals surface area contributed by atoms with Gasteiger partial charge in [-0.15, -0.1) is 0 Å². The minimum absolute atomic E-state index is 0.697. The number of thiophene rings is 1. The van der Waals surface area contributed by atoms with Crippen LogP contribution >= 0.6 is 11.3 Å². The lowest BCUT2D eigenvalue weighted by atomic mass is 10.2. The van der Waals surface area contributed by atoms with Gasteiger partial charge in [-0.3, -0.25) is 0 Å². The molecule has 0 bridgehead atoms. The minimum Gasteiger partial charge on any atom is -0.497 e. The van der Waals surface area contributed by atoms with E-state index >= 15 is 0 Å². The Bertz CT molecular complexity index is 511. The molecule has 0 radical (unpaired) electrons. The Hall–Kier alpha value is -1.52. The van der Waals surface area contributed by atoms with E-state index in [1.807, 2.05) is 18.2 Å². The molecule has 0 aliphatic rings. The Kier molecular flexibility index (Phi) is 5.89.